The molecule has 0 spiro atoms. The van der Waals surface area contributed by atoms with Crippen molar-refractivity contribution in [3.8, 4) is 0 Å². The van der Waals surface area contributed by atoms with Crippen LogP contribution in [-0.2, 0) is 0 Å². The summed E-state index contributed by atoms with van der Waals surface area (Å²) in [5.74, 6) is 1.08. The Hall–Kier alpha value is -0.770. The van der Waals surface area contributed by atoms with E-state index in [9.17, 15) is 0 Å². The Morgan fingerprint density at radius 3 is 2.41 bits per heavy atom. The van der Waals surface area contributed by atoms with Gasteiger partial charge in [-0.25, -0.2) is 0 Å². The zero-order chi connectivity index (χ0) is 13.3. The molecule has 0 radical (unpaired) electrons. The van der Waals surface area contributed by atoms with Gasteiger partial charge < -0.3 is 16.3 Å². The number of oxime groups is 1. The molecule has 0 saturated carbocycles. The molecule has 0 aliphatic heterocycles. The summed E-state index contributed by atoms with van der Waals surface area (Å²) in [5.41, 5.74) is 5.53. The van der Waals surface area contributed by atoms with E-state index in [1.54, 1.807) is 0 Å². The molecule has 0 aliphatic rings. The molecule has 0 fully saturated rings. The molecule has 0 heterocycles. The Balaban J connectivity index is 3.85. The average Bonchev–Trinajstić information content (AvgIpc) is 2.27. The molecule has 0 saturated heterocycles. The van der Waals surface area contributed by atoms with Crippen molar-refractivity contribution in [1.29, 1.82) is 0 Å². The van der Waals surface area contributed by atoms with Crippen LogP contribution in [-0.4, -0.2) is 23.1 Å². The minimum absolute atomic E-state index is 0.304. The molecule has 102 valence electrons. The molecule has 4 N–H and O–H groups in total. The van der Waals surface area contributed by atoms with Crippen molar-refractivity contribution in [3.63, 3.8) is 0 Å². The largest absolute Gasteiger partial charge is 0.409 e. The molecule has 17 heavy (non-hydrogen) atoms. The summed E-state index contributed by atoms with van der Waals surface area (Å²) in [6.07, 6.45) is 5.33. The van der Waals surface area contributed by atoms with Crippen molar-refractivity contribution in [2.75, 3.05) is 0 Å². The number of hydrogen-bond acceptors (Lipinski definition) is 3. The van der Waals surface area contributed by atoms with E-state index in [0.717, 1.165) is 12.3 Å². The van der Waals surface area contributed by atoms with Gasteiger partial charge in [-0.15, -0.1) is 0 Å². The van der Waals surface area contributed by atoms with Crippen LogP contribution in [0.25, 0.3) is 0 Å². The lowest BCUT2D eigenvalue weighted by Crippen LogP contribution is -2.38. The van der Waals surface area contributed by atoms with Crippen LogP contribution >= 0.6 is 0 Å². The lowest BCUT2D eigenvalue weighted by Gasteiger charge is -2.22. The van der Waals surface area contributed by atoms with Crippen LogP contribution in [0.1, 0.15) is 59.8 Å². The quantitative estimate of drug-likeness (QED) is 0.252. The number of amidine groups is 1. The number of nitrogens with two attached hydrogens (primary N) is 1. The SMILES string of the molecule is CCC(C/C(N)=N/O)NC(C)CCCC(C)C. The van der Waals surface area contributed by atoms with Gasteiger partial charge in [0.15, 0.2) is 0 Å². The Bertz CT molecular complexity index is 217. The molecule has 0 aromatic carbocycles. The van der Waals surface area contributed by atoms with Crippen molar-refractivity contribution in [2.24, 2.45) is 16.8 Å². The molecule has 2 unspecified atom stereocenters. The molecule has 2 atom stereocenters. The van der Waals surface area contributed by atoms with Gasteiger partial charge in [0, 0.05) is 18.5 Å². The van der Waals surface area contributed by atoms with E-state index in [1.807, 2.05) is 0 Å². The lowest BCUT2D eigenvalue weighted by molar-refractivity contribution is 0.314. The van der Waals surface area contributed by atoms with Crippen LogP contribution < -0.4 is 11.1 Å². The Morgan fingerprint density at radius 2 is 1.94 bits per heavy atom. The number of nitrogens with one attached hydrogen (secondary N) is 1. The number of nitrogens with zero attached hydrogens (tertiary/aromatic N) is 1. The maximum absolute atomic E-state index is 8.55. The van der Waals surface area contributed by atoms with Gasteiger partial charge in [-0.2, -0.15) is 0 Å². The highest BCUT2D eigenvalue weighted by atomic mass is 16.4. The van der Waals surface area contributed by atoms with Gasteiger partial charge in [-0.1, -0.05) is 38.8 Å². The lowest BCUT2D eigenvalue weighted by atomic mass is 10.0. The van der Waals surface area contributed by atoms with Gasteiger partial charge in [0.1, 0.15) is 5.84 Å². The van der Waals surface area contributed by atoms with Gasteiger partial charge in [0.25, 0.3) is 0 Å². The van der Waals surface area contributed by atoms with E-state index in [1.165, 1.54) is 19.3 Å². The van der Waals surface area contributed by atoms with Crippen molar-refractivity contribution in [1.82, 2.24) is 5.32 Å². The third kappa shape index (κ3) is 8.98. The van der Waals surface area contributed by atoms with E-state index < -0.39 is 0 Å². The van der Waals surface area contributed by atoms with Crippen molar-refractivity contribution in [3.05, 3.63) is 0 Å². The third-order valence-electron chi connectivity index (χ3n) is 3.02. The Kier molecular flexibility index (Phi) is 8.86. The van der Waals surface area contributed by atoms with E-state index in [2.05, 4.69) is 38.2 Å². The van der Waals surface area contributed by atoms with Crippen LogP contribution in [0.15, 0.2) is 5.16 Å². The van der Waals surface area contributed by atoms with E-state index in [0.29, 0.717) is 24.3 Å². The summed E-state index contributed by atoms with van der Waals surface area (Å²) in [5, 5.41) is 15.1. The van der Waals surface area contributed by atoms with Crippen molar-refractivity contribution < 1.29 is 5.21 Å². The van der Waals surface area contributed by atoms with Crippen LogP contribution in [0.4, 0.5) is 0 Å². The fourth-order valence-corrected chi connectivity index (χ4v) is 1.93. The second kappa shape index (κ2) is 9.28. The smallest absolute Gasteiger partial charge is 0.140 e. The zero-order valence-corrected chi connectivity index (χ0v) is 11.7. The molecular formula is C13H29N3O. The standard InChI is InChI=1S/C13H29N3O/c1-5-12(9-13(14)16-17)15-11(4)8-6-7-10(2)3/h10-12,15,17H,5-9H2,1-4H3,(H2,14,16). The van der Waals surface area contributed by atoms with Crippen LogP contribution in [0, 0.1) is 5.92 Å². The Labute approximate surface area is 106 Å². The highest BCUT2D eigenvalue weighted by molar-refractivity contribution is 5.80. The summed E-state index contributed by atoms with van der Waals surface area (Å²) in [4.78, 5) is 0. The highest BCUT2D eigenvalue weighted by Gasteiger charge is 2.12. The predicted molar refractivity (Wildman–Crippen MR) is 73.4 cm³/mol. The predicted octanol–water partition coefficient (Wildman–Crippen LogP) is 2.71. The first-order valence-electron chi connectivity index (χ1n) is 6.72. The molecule has 0 amide bonds. The van der Waals surface area contributed by atoms with E-state index in [4.69, 9.17) is 10.9 Å². The molecule has 4 heteroatoms. The van der Waals surface area contributed by atoms with Crippen molar-refractivity contribution in [2.45, 2.75) is 71.9 Å². The van der Waals surface area contributed by atoms with E-state index in [-0.39, 0.29) is 0 Å². The number of hydrogen-bond donors (Lipinski definition) is 3. The van der Waals surface area contributed by atoms with Crippen LogP contribution in [0.2, 0.25) is 0 Å². The van der Waals surface area contributed by atoms with Gasteiger partial charge >= 0.3 is 0 Å². The summed E-state index contributed by atoms with van der Waals surface area (Å²) in [6.45, 7) is 8.83. The Morgan fingerprint density at radius 1 is 1.29 bits per heavy atom. The minimum atomic E-state index is 0.304. The van der Waals surface area contributed by atoms with Gasteiger partial charge in [-0.05, 0) is 25.7 Å². The van der Waals surface area contributed by atoms with Crippen molar-refractivity contribution >= 4 is 5.84 Å². The molecule has 4 nitrogen and oxygen atoms in total. The number of rotatable bonds is 9. The van der Waals surface area contributed by atoms with Gasteiger partial charge in [0.05, 0.1) is 0 Å². The molecule has 0 rings (SSSR count). The topological polar surface area (TPSA) is 70.6 Å². The van der Waals surface area contributed by atoms with Gasteiger partial charge in [-0.3, -0.25) is 0 Å². The fourth-order valence-electron chi connectivity index (χ4n) is 1.93. The highest BCUT2D eigenvalue weighted by Crippen LogP contribution is 2.09. The third-order valence-corrected chi connectivity index (χ3v) is 3.02. The summed E-state index contributed by atoms with van der Waals surface area (Å²) >= 11 is 0. The molecule has 0 aliphatic carbocycles. The zero-order valence-electron chi connectivity index (χ0n) is 11.7. The summed E-state index contributed by atoms with van der Waals surface area (Å²) < 4.78 is 0. The first-order valence-corrected chi connectivity index (χ1v) is 6.72. The van der Waals surface area contributed by atoms with Crippen LogP contribution in [0.3, 0.4) is 0 Å². The first kappa shape index (κ1) is 16.2. The molecule has 0 aromatic heterocycles. The summed E-state index contributed by atoms with van der Waals surface area (Å²) in [7, 11) is 0. The normalized spacial score (nSPS) is 16.2. The molecule has 0 aromatic rings. The first-order chi connectivity index (χ1) is 7.99. The average molecular weight is 243 g/mol. The second-order valence-corrected chi connectivity index (χ2v) is 5.29. The van der Waals surface area contributed by atoms with Crippen LogP contribution in [0.5, 0.6) is 0 Å². The summed E-state index contributed by atoms with van der Waals surface area (Å²) in [6, 6.07) is 0.796. The maximum Gasteiger partial charge on any atom is 0.140 e. The van der Waals surface area contributed by atoms with Gasteiger partial charge in [0.2, 0.25) is 0 Å². The maximum atomic E-state index is 8.55. The minimum Gasteiger partial charge on any atom is -0.409 e. The second-order valence-electron chi connectivity index (χ2n) is 5.29. The molecular weight excluding hydrogens is 214 g/mol. The van der Waals surface area contributed by atoms with E-state index >= 15 is 0 Å². The molecule has 0 bridgehead atoms. The fraction of sp³-hybridized carbons (Fsp3) is 0.923. The monoisotopic (exact) mass is 243 g/mol.